The van der Waals surface area contributed by atoms with Gasteiger partial charge in [0.1, 0.15) is 12.4 Å². The van der Waals surface area contributed by atoms with Gasteiger partial charge in [-0.3, -0.25) is 4.79 Å². The van der Waals surface area contributed by atoms with Gasteiger partial charge < -0.3 is 15.6 Å². The summed E-state index contributed by atoms with van der Waals surface area (Å²) in [4.78, 5) is 11.5. The van der Waals surface area contributed by atoms with Crippen molar-refractivity contribution < 1.29 is 14.6 Å². The number of aliphatic hydroxyl groups excluding tert-OH is 1. The first-order valence-electron chi connectivity index (χ1n) is 7.16. The minimum atomic E-state index is -1.04. The van der Waals surface area contributed by atoms with Crippen molar-refractivity contribution >= 4 is 5.91 Å². The van der Waals surface area contributed by atoms with Crippen molar-refractivity contribution in [3.8, 4) is 5.75 Å². The molecule has 1 amide bonds. The Kier molecular flexibility index (Phi) is 4.83. The standard InChI is InChI=1S/C18H21NO3/c1-18(2,17(19)21)16(20)14-9-6-10-15(11-14)22-12-13-7-4-3-5-8-13/h3-11,16,20H,12H2,1-2H3,(H2,19,21)/t16-/m1/s1. The van der Waals surface area contributed by atoms with Crippen LogP contribution in [-0.4, -0.2) is 11.0 Å². The average molecular weight is 299 g/mol. The molecule has 1 atom stereocenters. The first-order chi connectivity index (χ1) is 10.4. The van der Waals surface area contributed by atoms with Crippen LogP contribution in [-0.2, 0) is 11.4 Å². The number of carbonyl (C=O) groups is 1. The lowest BCUT2D eigenvalue weighted by Gasteiger charge is -2.27. The number of amides is 1. The summed E-state index contributed by atoms with van der Waals surface area (Å²) in [6, 6.07) is 16.9. The van der Waals surface area contributed by atoms with E-state index in [2.05, 4.69) is 0 Å². The molecule has 0 heterocycles. The highest BCUT2D eigenvalue weighted by Gasteiger charge is 2.35. The van der Waals surface area contributed by atoms with Gasteiger partial charge in [0, 0.05) is 0 Å². The molecule has 0 spiro atoms. The Bertz CT molecular complexity index is 638. The molecular weight excluding hydrogens is 278 g/mol. The molecule has 0 bridgehead atoms. The largest absolute Gasteiger partial charge is 0.489 e. The lowest BCUT2D eigenvalue weighted by Crippen LogP contribution is -2.37. The number of benzene rings is 2. The monoisotopic (exact) mass is 299 g/mol. The molecule has 4 heteroatoms. The van der Waals surface area contributed by atoms with E-state index in [1.165, 1.54) is 0 Å². The third-order valence-electron chi connectivity index (χ3n) is 3.74. The van der Waals surface area contributed by atoms with Crippen LogP contribution in [0.4, 0.5) is 0 Å². The number of aliphatic hydroxyl groups is 1. The van der Waals surface area contributed by atoms with Crippen molar-refractivity contribution in [3.63, 3.8) is 0 Å². The van der Waals surface area contributed by atoms with Gasteiger partial charge in [0.2, 0.25) is 5.91 Å². The van der Waals surface area contributed by atoms with Crippen LogP contribution in [0.15, 0.2) is 54.6 Å². The van der Waals surface area contributed by atoms with E-state index < -0.39 is 17.4 Å². The zero-order chi connectivity index (χ0) is 16.2. The Hall–Kier alpha value is -2.33. The van der Waals surface area contributed by atoms with E-state index in [0.29, 0.717) is 17.9 Å². The van der Waals surface area contributed by atoms with E-state index in [4.69, 9.17) is 10.5 Å². The molecule has 0 saturated carbocycles. The zero-order valence-electron chi connectivity index (χ0n) is 12.8. The maximum atomic E-state index is 11.5. The average Bonchev–Trinajstić information content (AvgIpc) is 2.53. The summed E-state index contributed by atoms with van der Waals surface area (Å²) in [5.41, 5.74) is 5.97. The maximum absolute atomic E-state index is 11.5. The number of nitrogens with two attached hydrogens (primary N) is 1. The Morgan fingerprint density at radius 3 is 2.50 bits per heavy atom. The summed E-state index contributed by atoms with van der Waals surface area (Å²) in [6.45, 7) is 3.69. The van der Waals surface area contributed by atoms with Crippen LogP contribution < -0.4 is 10.5 Å². The van der Waals surface area contributed by atoms with Crippen molar-refractivity contribution in [3.05, 3.63) is 65.7 Å². The number of primary amides is 1. The molecule has 116 valence electrons. The SMILES string of the molecule is CC(C)(C(N)=O)[C@H](O)c1cccc(OCc2ccccc2)c1. The Balaban J connectivity index is 2.11. The van der Waals surface area contributed by atoms with Crippen molar-refractivity contribution in [1.29, 1.82) is 0 Å². The predicted octanol–water partition coefficient (Wildman–Crippen LogP) is 2.81. The van der Waals surface area contributed by atoms with Gasteiger partial charge in [-0.25, -0.2) is 0 Å². The van der Waals surface area contributed by atoms with E-state index in [-0.39, 0.29) is 0 Å². The van der Waals surface area contributed by atoms with Crippen molar-refractivity contribution in [2.45, 2.75) is 26.6 Å². The molecule has 0 fully saturated rings. The number of carbonyl (C=O) groups excluding carboxylic acids is 1. The minimum Gasteiger partial charge on any atom is -0.489 e. The highest BCUT2D eigenvalue weighted by molar-refractivity contribution is 5.80. The molecule has 0 aliphatic heterocycles. The summed E-state index contributed by atoms with van der Waals surface area (Å²) >= 11 is 0. The Morgan fingerprint density at radius 2 is 1.86 bits per heavy atom. The number of hydrogen-bond donors (Lipinski definition) is 2. The van der Waals surface area contributed by atoms with E-state index in [1.54, 1.807) is 32.0 Å². The second kappa shape index (κ2) is 6.62. The van der Waals surface area contributed by atoms with E-state index >= 15 is 0 Å². The second-order valence-corrected chi connectivity index (χ2v) is 5.84. The summed E-state index contributed by atoms with van der Waals surface area (Å²) in [7, 11) is 0. The molecule has 0 unspecified atom stereocenters. The van der Waals surface area contributed by atoms with Gasteiger partial charge in [0.15, 0.2) is 0 Å². The maximum Gasteiger partial charge on any atom is 0.226 e. The van der Waals surface area contributed by atoms with Gasteiger partial charge in [-0.15, -0.1) is 0 Å². The molecule has 3 N–H and O–H groups in total. The molecule has 0 aliphatic rings. The summed E-state index contributed by atoms with van der Waals surface area (Å²) in [5, 5.41) is 10.4. The summed E-state index contributed by atoms with van der Waals surface area (Å²) < 4.78 is 5.73. The molecule has 22 heavy (non-hydrogen) atoms. The van der Waals surface area contributed by atoms with Crippen molar-refractivity contribution in [2.24, 2.45) is 11.1 Å². The molecule has 2 aromatic rings. The molecule has 2 aromatic carbocycles. The quantitative estimate of drug-likeness (QED) is 0.861. The summed E-state index contributed by atoms with van der Waals surface area (Å²) in [5.74, 6) is 0.0938. The molecule has 0 aromatic heterocycles. The van der Waals surface area contributed by atoms with Crippen LogP contribution in [0.2, 0.25) is 0 Å². The Morgan fingerprint density at radius 1 is 1.18 bits per heavy atom. The molecule has 4 nitrogen and oxygen atoms in total. The first kappa shape index (κ1) is 16.0. The van der Waals surface area contributed by atoms with Crippen LogP contribution in [0.25, 0.3) is 0 Å². The smallest absolute Gasteiger partial charge is 0.226 e. The van der Waals surface area contributed by atoms with E-state index in [1.807, 2.05) is 36.4 Å². The molecule has 0 saturated heterocycles. The van der Waals surface area contributed by atoms with E-state index in [9.17, 15) is 9.90 Å². The second-order valence-electron chi connectivity index (χ2n) is 5.84. The fourth-order valence-corrected chi connectivity index (χ4v) is 2.07. The van der Waals surface area contributed by atoms with Gasteiger partial charge in [-0.2, -0.15) is 0 Å². The molecule has 0 aliphatic carbocycles. The fraction of sp³-hybridized carbons (Fsp3) is 0.278. The number of rotatable bonds is 6. The van der Waals surface area contributed by atoms with Crippen molar-refractivity contribution in [2.75, 3.05) is 0 Å². The van der Waals surface area contributed by atoms with Crippen LogP contribution in [0.1, 0.15) is 31.1 Å². The number of ether oxygens (including phenoxy) is 1. The highest BCUT2D eigenvalue weighted by atomic mass is 16.5. The minimum absolute atomic E-state index is 0.444. The fourth-order valence-electron chi connectivity index (χ4n) is 2.07. The first-order valence-corrected chi connectivity index (χ1v) is 7.16. The third-order valence-corrected chi connectivity index (χ3v) is 3.74. The predicted molar refractivity (Wildman–Crippen MR) is 85.2 cm³/mol. The highest BCUT2D eigenvalue weighted by Crippen LogP contribution is 2.34. The molecule has 2 rings (SSSR count). The van der Waals surface area contributed by atoms with Gasteiger partial charge in [0.25, 0.3) is 0 Å². The normalized spacial score (nSPS) is 12.7. The Labute approximate surface area is 130 Å². The van der Waals surface area contributed by atoms with Crippen molar-refractivity contribution in [1.82, 2.24) is 0 Å². The van der Waals surface area contributed by atoms with Gasteiger partial charge in [0.05, 0.1) is 11.5 Å². The lowest BCUT2D eigenvalue weighted by atomic mass is 9.82. The van der Waals surface area contributed by atoms with Gasteiger partial charge >= 0.3 is 0 Å². The van der Waals surface area contributed by atoms with Crippen LogP contribution >= 0.6 is 0 Å². The topological polar surface area (TPSA) is 72.6 Å². The molecular formula is C18H21NO3. The van der Waals surface area contributed by atoms with Crippen LogP contribution in [0.5, 0.6) is 5.75 Å². The zero-order valence-corrected chi connectivity index (χ0v) is 12.8. The third kappa shape index (κ3) is 3.65. The summed E-state index contributed by atoms with van der Waals surface area (Å²) in [6.07, 6.45) is -0.981. The molecule has 0 radical (unpaired) electrons. The van der Waals surface area contributed by atoms with Gasteiger partial charge in [-0.05, 0) is 37.1 Å². The van der Waals surface area contributed by atoms with E-state index in [0.717, 1.165) is 5.56 Å². The van der Waals surface area contributed by atoms with Gasteiger partial charge in [-0.1, -0.05) is 42.5 Å². The lowest BCUT2D eigenvalue weighted by molar-refractivity contribution is -0.132. The van der Waals surface area contributed by atoms with Crippen LogP contribution in [0, 0.1) is 5.41 Å². The number of hydrogen-bond acceptors (Lipinski definition) is 3. The van der Waals surface area contributed by atoms with Crippen LogP contribution in [0.3, 0.4) is 0 Å².